The van der Waals surface area contributed by atoms with E-state index in [1.807, 2.05) is 38.1 Å². The zero-order chi connectivity index (χ0) is 18.2. The van der Waals surface area contributed by atoms with Gasteiger partial charge in [0.25, 0.3) is 5.56 Å². The molecule has 1 atom stereocenters. The molecule has 0 aliphatic carbocycles. The lowest BCUT2D eigenvalue weighted by molar-refractivity contribution is 0.0694. The third-order valence-corrected chi connectivity index (χ3v) is 4.71. The monoisotopic (exact) mass is 342 g/mol. The number of aromatic carboxylic acids is 1. The van der Waals surface area contributed by atoms with E-state index < -0.39 is 17.1 Å². The van der Waals surface area contributed by atoms with Crippen molar-refractivity contribution < 1.29 is 15.0 Å². The van der Waals surface area contributed by atoms with Crippen LogP contribution in [0.5, 0.6) is 0 Å². The highest BCUT2D eigenvalue weighted by Crippen LogP contribution is 2.29. The van der Waals surface area contributed by atoms with E-state index in [0.717, 1.165) is 29.8 Å². The molecule has 2 heterocycles. The van der Waals surface area contributed by atoms with Crippen LogP contribution in [-0.2, 0) is 6.42 Å². The van der Waals surface area contributed by atoms with Crippen molar-refractivity contribution in [3.63, 3.8) is 0 Å². The number of carbonyl (C=O) groups is 1. The Labute approximate surface area is 145 Å². The lowest BCUT2D eigenvalue weighted by Gasteiger charge is -2.21. The number of hydrogen-bond donors (Lipinski definition) is 3. The number of nitrogens with one attached hydrogen (secondary N) is 1. The molecule has 1 aliphatic rings. The molecule has 1 aliphatic heterocycles. The van der Waals surface area contributed by atoms with Crippen molar-refractivity contribution in [3.05, 3.63) is 51.8 Å². The van der Waals surface area contributed by atoms with Crippen molar-refractivity contribution in [2.75, 3.05) is 18.0 Å². The van der Waals surface area contributed by atoms with Crippen LogP contribution in [0.4, 0.5) is 5.69 Å². The van der Waals surface area contributed by atoms with E-state index in [4.69, 9.17) is 5.11 Å². The molecule has 0 saturated carbocycles. The Balaban J connectivity index is 1.94. The molecule has 1 unspecified atom stereocenters. The van der Waals surface area contributed by atoms with Gasteiger partial charge in [0.15, 0.2) is 0 Å². The van der Waals surface area contributed by atoms with Crippen molar-refractivity contribution >= 4 is 11.7 Å². The SMILES string of the molecule is CCc1cc(C(=O)O)c(=O)[nH]c1-c1ccc(N2CCC(C)(O)C2)cc1. The summed E-state index contributed by atoms with van der Waals surface area (Å²) < 4.78 is 0. The van der Waals surface area contributed by atoms with Gasteiger partial charge in [-0.25, -0.2) is 4.79 Å². The zero-order valence-electron chi connectivity index (χ0n) is 14.4. The van der Waals surface area contributed by atoms with Crippen LogP contribution in [0.3, 0.4) is 0 Å². The van der Waals surface area contributed by atoms with Crippen LogP contribution in [0.2, 0.25) is 0 Å². The van der Waals surface area contributed by atoms with Crippen molar-refractivity contribution in [3.8, 4) is 11.3 Å². The predicted octanol–water partition coefficient (Wildman–Crippen LogP) is 2.26. The molecule has 3 rings (SSSR count). The van der Waals surface area contributed by atoms with Gasteiger partial charge in [0.1, 0.15) is 5.56 Å². The van der Waals surface area contributed by atoms with Crippen LogP contribution < -0.4 is 10.5 Å². The second-order valence-corrected chi connectivity index (χ2v) is 6.79. The fourth-order valence-corrected chi connectivity index (χ4v) is 3.27. The predicted molar refractivity (Wildman–Crippen MR) is 96.3 cm³/mol. The Morgan fingerprint density at radius 1 is 1.32 bits per heavy atom. The summed E-state index contributed by atoms with van der Waals surface area (Å²) in [6, 6.07) is 9.18. The van der Waals surface area contributed by atoms with Crippen molar-refractivity contribution in [1.82, 2.24) is 4.98 Å². The fourth-order valence-electron chi connectivity index (χ4n) is 3.27. The minimum absolute atomic E-state index is 0.239. The minimum Gasteiger partial charge on any atom is -0.477 e. The van der Waals surface area contributed by atoms with E-state index in [1.165, 1.54) is 6.07 Å². The number of aryl methyl sites for hydroxylation is 1. The Morgan fingerprint density at radius 2 is 2.00 bits per heavy atom. The smallest absolute Gasteiger partial charge is 0.341 e. The molecule has 6 nitrogen and oxygen atoms in total. The normalized spacial score (nSPS) is 20.0. The minimum atomic E-state index is -1.22. The van der Waals surface area contributed by atoms with Gasteiger partial charge in [-0.15, -0.1) is 0 Å². The van der Waals surface area contributed by atoms with Gasteiger partial charge in [0, 0.05) is 18.8 Å². The summed E-state index contributed by atoms with van der Waals surface area (Å²) >= 11 is 0. The summed E-state index contributed by atoms with van der Waals surface area (Å²) in [5.74, 6) is -1.22. The van der Waals surface area contributed by atoms with Crippen molar-refractivity contribution in [1.29, 1.82) is 0 Å². The average molecular weight is 342 g/mol. The van der Waals surface area contributed by atoms with Gasteiger partial charge < -0.3 is 20.1 Å². The average Bonchev–Trinajstić information content (AvgIpc) is 2.94. The first-order chi connectivity index (χ1) is 11.8. The van der Waals surface area contributed by atoms with E-state index >= 15 is 0 Å². The maximum Gasteiger partial charge on any atom is 0.341 e. The molecular formula is C19H22N2O4. The maximum absolute atomic E-state index is 12.0. The van der Waals surface area contributed by atoms with Crippen LogP contribution in [0, 0.1) is 0 Å². The van der Waals surface area contributed by atoms with Gasteiger partial charge in [0.05, 0.1) is 11.3 Å². The van der Waals surface area contributed by atoms with Crippen LogP contribution in [-0.4, -0.2) is 39.9 Å². The number of H-pyrrole nitrogens is 1. The summed E-state index contributed by atoms with van der Waals surface area (Å²) in [4.78, 5) is 28.0. The third kappa shape index (κ3) is 3.44. The number of carboxylic acids is 1. The topological polar surface area (TPSA) is 93.6 Å². The summed E-state index contributed by atoms with van der Waals surface area (Å²) in [6.07, 6.45) is 1.35. The highest BCUT2D eigenvalue weighted by Gasteiger charge is 2.31. The van der Waals surface area contributed by atoms with Crippen molar-refractivity contribution in [2.45, 2.75) is 32.3 Å². The van der Waals surface area contributed by atoms with Gasteiger partial charge >= 0.3 is 5.97 Å². The zero-order valence-corrected chi connectivity index (χ0v) is 14.4. The Kier molecular flexibility index (Phi) is 4.39. The summed E-state index contributed by atoms with van der Waals surface area (Å²) in [6.45, 7) is 5.15. The van der Waals surface area contributed by atoms with Gasteiger partial charge in [-0.3, -0.25) is 4.79 Å². The van der Waals surface area contributed by atoms with Gasteiger partial charge in [0.2, 0.25) is 0 Å². The van der Waals surface area contributed by atoms with E-state index in [2.05, 4.69) is 9.88 Å². The van der Waals surface area contributed by atoms with Crippen molar-refractivity contribution in [2.24, 2.45) is 0 Å². The number of anilines is 1. The number of β-amino-alcohol motifs (C(OH)–C–C–N with tert-alkyl or cyclic N) is 1. The van der Waals surface area contributed by atoms with Crippen LogP contribution in [0.25, 0.3) is 11.3 Å². The van der Waals surface area contributed by atoms with E-state index in [9.17, 15) is 14.7 Å². The third-order valence-electron chi connectivity index (χ3n) is 4.71. The van der Waals surface area contributed by atoms with E-state index in [-0.39, 0.29) is 5.56 Å². The lowest BCUT2D eigenvalue weighted by atomic mass is 10.0. The number of nitrogens with zero attached hydrogens (tertiary/aromatic N) is 1. The summed E-state index contributed by atoms with van der Waals surface area (Å²) in [5, 5.41) is 19.2. The first-order valence-electron chi connectivity index (χ1n) is 8.38. The van der Waals surface area contributed by atoms with E-state index in [1.54, 1.807) is 0 Å². The van der Waals surface area contributed by atoms with Crippen LogP contribution in [0.1, 0.15) is 36.2 Å². The molecule has 1 fully saturated rings. The standard InChI is InChI=1S/C19H22N2O4/c1-3-12-10-15(18(23)24)17(22)20-16(12)13-4-6-14(7-5-13)21-9-8-19(2,25)11-21/h4-7,10,25H,3,8-9,11H2,1-2H3,(H,20,22)(H,23,24). The van der Waals surface area contributed by atoms with Crippen LogP contribution in [0.15, 0.2) is 35.1 Å². The molecular weight excluding hydrogens is 320 g/mol. The molecule has 0 bridgehead atoms. The number of carboxylic acid groups (broad SMARTS) is 1. The Morgan fingerprint density at radius 3 is 2.52 bits per heavy atom. The molecule has 1 aromatic carbocycles. The van der Waals surface area contributed by atoms with Gasteiger partial charge in [-0.05, 0) is 49.1 Å². The van der Waals surface area contributed by atoms with Crippen LogP contribution >= 0.6 is 0 Å². The lowest BCUT2D eigenvalue weighted by Crippen LogP contribution is -2.29. The number of hydrogen-bond acceptors (Lipinski definition) is 4. The number of aromatic amines is 1. The molecule has 0 radical (unpaired) electrons. The molecule has 2 aromatic rings. The highest BCUT2D eigenvalue weighted by atomic mass is 16.4. The molecule has 132 valence electrons. The number of aliphatic hydroxyl groups is 1. The first-order valence-corrected chi connectivity index (χ1v) is 8.38. The van der Waals surface area contributed by atoms with E-state index in [0.29, 0.717) is 18.7 Å². The molecule has 3 N–H and O–H groups in total. The molecule has 1 aromatic heterocycles. The fraction of sp³-hybridized carbons (Fsp3) is 0.368. The number of benzene rings is 1. The highest BCUT2D eigenvalue weighted by molar-refractivity contribution is 5.88. The van der Waals surface area contributed by atoms with Gasteiger partial charge in [-0.1, -0.05) is 19.1 Å². The molecule has 1 saturated heterocycles. The molecule has 0 amide bonds. The first kappa shape index (κ1) is 17.2. The molecule has 25 heavy (non-hydrogen) atoms. The van der Waals surface area contributed by atoms with Gasteiger partial charge in [-0.2, -0.15) is 0 Å². The number of pyridine rings is 1. The molecule has 0 spiro atoms. The Bertz CT molecular complexity index is 853. The number of aromatic nitrogens is 1. The second-order valence-electron chi connectivity index (χ2n) is 6.79. The molecule has 6 heteroatoms. The summed E-state index contributed by atoms with van der Waals surface area (Å²) in [5.41, 5.74) is 1.79. The summed E-state index contributed by atoms with van der Waals surface area (Å²) in [7, 11) is 0. The maximum atomic E-state index is 12.0. The Hall–Kier alpha value is -2.60. The quantitative estimate of drug-likeness (QED) is 0.792. The largest absolute Gasteiger partial charge is 0.477 e. The second kappa shape index (κ2) is 6.37. The number of rotatable bonds is 4.